The Morgan fingerprint density at radius 3 is 2.71 bits per heavy atom. The standard InChI is InChI=1S/C9H11F3N2O3/c10-9(11,12)5-14-7(15)3-6-4-17-2-1-13(6)8(14)16/h6H,1-5H2. The largest absolute Gasteiger partial charge is 0.406 e. The molecule has 2 heterocycles. The highest BCUT2D eigenvalue weighted by molar-refractivity contribution is 5.97. The summed E-state index contributed by atoms with van der Waals surface area (Å²) in [5.41, 5.74) is 0. The van der Waals surface area contributed by atoms with E-state index >= 15 is 0 Å². The normalized spacial score (nSPS) is 26.2. The van der Waals surface area contributed by atoms with Gasteiger partial charge in [-0.25, -0.2) is 4.79 Å². The minimum absolute atomic E-state index is 0.109. The van der Waals surface area contributed by atoms with Crippen LogP contribution in [0.15, 0.2) is 0 Å². The van der Waals surface area contributed by atoms with E-state index in [2.05, 4.69) is 0 Å². The number of halogens is 3. The highest BCUT2D eigenvalue weighted by atomic mass is 19.4. The molecule has 3 amide bonds. The number of imide groups is 1. The zero-order valence-electron chi connectivity index (χ0n) is 8.87. The number of alkyl halides is 3. The molecule has 2 fully saturated rings. The lowest BCUT2D eigenvalue weighted by Gasteiger charge is -2.42. The average molecular weight is 252 g/mol. The Morgan fingerprint density at radius 2 is 2.06 bits per heavy atom. The number of nitrogens with zero attached hydrogens (tertiary/aromatic N) is 2. The SMILES string of the molecule is O=C1CC2COCCN2C(=O)N1CC(F)(F)F. The van der Waals surface area contributed by atoms with E-state index in [-0.39, 0.29) is 31.1 Å². The molecule has 2 aliphatic rings. The fourth-order valence-electron chi connectivity index (χ4n) is 1.98. The molecule has 96 valence electrons. The van der Waals surface area contributed by atoms with Gasteiger partial charge < -0.3 is 9.64 Å². The molecule has 5 nitrogen and oxygen atoms in total. The summed E-state index contributed by atoms with van der Waals surface area (Å²) in [6.07, 6.45) is -4.67. The molecule has 0 radical (unpaired) electrons. The molecular formula is C9H11F3N2O3. The van der Waals surface area contributed by atoms with Crippen LogP contribution in [0.3, 0.4) is 0 Å². The summed E-state index contributed by atoms with van der Waals surface area (Å²) in [7, 11) is 0. The molecule has 17 heavy (non-hydrogen) atoms. The molecule has 2 saturated heterocycles. The third kappa shape index (κ3) is 2.51. The lowest BCUT2D eigenvalue weighted by molar-refractivity contribution is -0.162. The zero-order valence-corrected chi connectivity index (χ0v) is 8.87. The van der Waals surface area contributed by atoms with Crippen molar-refractivity contribution >= 4 is 11.9 Å². The summed E-state index contributed by atoms with van der Waals surface area (Å²) in [5, 5.41) is 0. The smallest absolute Gasteiger partial charge is 0.377 e. The Balaban J connectivity index is 2.12. The lowest BCUT2D eigenvalue weighted by Crippen LogP contribution is -2.62. The maximum Gasteiger partial charge on any atom is 0.406 e. The van der Waals surface area contributed by atoms with Crippen LogP contribution in [0.25, 0.3) is 0 Å². The van der Waals surface area contributed by atoms with Gasteiger partial charge in [0.1, 0.15) is 6.54 Å². The Kier molecular flexibility index (Phi) is 2.98. The molecule has 2 aliphatic heterocycles. The predicted molar refractivity (Wildman–Crippen MR) is 49.1 cm³/mol. The number of amides is 3. The van der Waals surface area contributed by atoms with Gasteiger partial charge >= 0.3 is 12.2 Å². The minimum Gasteiger partial charge on any atom is -0.377 e. The first kappa shape index (κ1) is 12.2. The number of carbonyl (C=O) groups is 2. The second-order valence-corrected chi connectivity index (χ2v) is 4.00. The first-order chi connectivity index (χ1) is 7.88. The van der Waals surface area contributed by atoms with E-state index < -0.39 is 30.7 Å². The van der Waals surface area contributed by atoms with Crippen LogP contribution in [0, 0.1) is 0 Å². The van der Waals surface area contributed by atoms with Crippen molar-refractivity contribution in [1.29, 1.82) is 0 Å². The van der Waals surface area contributed by atoms with Crippen LogP contribution in [0.5, 0.6) is 0 Å². The third-order valence-electron chi connectivity index (χ3n) is 2.75. The van der Waals surface area contributed by atoms with E-state index in [4.69, 9.17) is 4.74 Å². The van der Waals surface area contributed by atoms with Crippen LogP contribution in [-0.2, 0) is 9.53 Å². The molecule has 8 heteroatoms. The van der Waals surface area contributed by atoms with Crippen LogP contribution in [0.1, 0.15) is 6.42 Å². The van der Waals surface area contributed by atoms with Gasteiger partial charge in [-0.05, 0) is 0 Å². The van der Waals surface area contributed by atoms with E-state index in [0.29, 0.717) is 0 Å². The zero-order chi connectivity index (χ0) is 12.6. The van der Waals surface area contributed by atoms with Gasteiger partial charge in [0, 0.05) is 6.54 Å². The summed E-state index contributed by atoms with van der Waals surface area (Å²) in [5.74, 6) is -0.793. The fourth-order valence-corrected chi connectivity index (χ4v) is 1.98. The number of rotatable bonds is 1. The van der Waals surface area contributed by atoms with Gasteiger partial charge in [0.05, 0.1) is 25.7 Å². The van der Waals surface area contributed by atoms with Gasteiger partial charge in [-0.3, -0.25) is 9.69 Å². The molecule has 1 atom stereocenters. The van der Waals surface area contributed by atoms with Crippen molar-refractivity contribution in [2.24, 2.45) is 0 Å². The van der Waals surface area contributed by atoms with E-state index in [9.17, 15) is 22.8 Å². The van der Waals surface area contributed by atoms with Crippen LogP contribution >= 0.6 is 0 Å². The molecule has 2 rings (SSSR count). The topological polar surface area (TPSA) is 49.9 Å². The van der Waals surface area contributed by atoms with E-state index in [1.54, 1.807) is 0 Å². The number of carbonyl (C=O) groups excluding carboxylic acids is 2. The third-order valence-corrected chi connectivity index (χ3v) is 2.75. The number of morpholine rings is 1. The van der Waals surface area contributed by atoms with Crippen molar-refractivity contribution in [1.82, 2.24) is 9.80 Å². The molecule has 0 aromatic carbocycles. The molecular weight excluding hydrogens is 241 g/mol. The Labute approximate surface area is 95.1 Å². The second kappa shape index (κ2) is 4.17. The molecule has 0 aromatic rings. The van der Waals surface area contributed by atoms with Crippen LogP contribution < -0.4 is 0 Å². The second-order valence-electron chi connectivity index (χ2n) is 4.00. The Bertz CT molecular complexity index is 345. The van der Waals surface area contributed by atoms with Crippen molar-refractivity contribution in [2.75, 3.05) is 26.3 Å². The van der Waals surface area contributed by atoms with Gasteiger partial charge in [0.15, 0.2) is 0 Å². The molecule has 1 unspecified atom stereocenters. The van der Waals surface area contributed by atoms with Gasteiger partial charge in [0.2, 0.25) is 5.91 Å². The first-order valence-corrected chi connectivity index (χ1v) is 5.14. The molecule has 0 bridgehead atoms. The number of hydrogen-bond donors (Lipinski definition) is 0. The lowest BCUT2D eigenvalue weighted by atomic mass is 10.1. The van der Waals surface area contributed by atoms with E-state index in [0.717, 1.165) is 0 Å². The Morgan fingerprint density at radius 1 is 1.35 bits per heavy atom. The summed E-state index contributed by atoms with van der Waals surface area (Å²) >= 11 is 0. The molecule has 0 N–H and O–H groups in total. The van der Waals surface area contributed by atoms with Crippen molar-refractivity contribution in [3.05, 3.63) is 0 Å². The molecule has 0 saturated carbocycles. The maximum absolute atomic E-state index is 12.2. The molecule has 0 aliphatic carbocycles. The number of fused-ring (bicyclic) bond motifs is 1. The average Bonchev–Trinajstić information content (AvgIpc) is 2.23. The summed E-state index contributed by atoms with van der Waals surface area (Å²) < 4.78 is 41.7. The van der Waals surface area contributed by atoms with Gasteiger partial charge in [0.25, 0.3) is 0 Å². The van der Waals surface area contributed by atoms with Crippen molar-refractivity contribution in [3.8, 4) is 0 Å². The van der Waals surface area contributed by atoms with E-state index in [1.165, 1.54) is 4.90 Å². The molecule has 0 aromatic heterocycles. The quantitative estimate of drug-likeness (QED) is 0.686. The first-order valence-electron chi connectivity index (χ1n) is 5.14. The monoisotopic (exact) mass is 252 g/mol. The van der Waals surface area contributed by atoms with Crippen molar-refractivity contribution < 1.29 is 27.5 Å². The highest BCUT2D eigenvalue weighted by Gasteiger charge is 2.44. The predicted octanol–water partition coefficient (Wildman–Crippen LogP) is 0.602. The van der Waals surface area contributed by atoms with Gasteiger partial charge in [-0.15, -0.1) is 0 Å². The highest BCUT2D eigenvalue weighted by Crippen LogP contribution is 2.24. The van der Waals surface area contributed by atoms with Crippen LogP contribution in [0.4, 0.5) is 18.0 Å². The van der Waals surface area contributed by atoms with Crippen LogP contribution in [0.2, 0.25) is 0 Å². The van der Waals surface area contributed by atoms with Crippen molar-refractivity contribution in [3.63, 3.8) is 0 Å². The van der Waals surface area contributed by atoms with Gasteiger partial charge in [-0.2, -0.15) is 13.2 Å². The van der Waals surface area contributed by atoms with Crippen LogP contribution in [-0.4, -0.2) is 60.3 Å². The molecule has 0 spiro atoms. The summed E-state index contributed by atoms with van der Waals surface area (Å²) in [6, 6.07) is -1.29. The summed E-state index contributed by atoms with van der Waals surface area (Å²) in [4.78, 5) is 24.7. The number of urea groups is 1. The minimum atomic E-state index is -4.57. The van der Waals surface area contributed by atoms with E-state index in [1.807, 2.05) is 0 Å². The Hall–Kier alpha value is -1.31. The van der Waals surface area contributed by atoms with Gasteiger partial charge in [-0.1, -0.05) is 0 Å². The summed E-state index contributed by atoms with van der Waals surface area (Å²) in [6.45, 7) is -0.798. The number of hydrogen-bond acceptors (Lipinski definition) is 3. The number of ether oxygens (including phenoxy) is 1. The fraction of sp³-hybridized carbons (Fsp3) is 0.778. The maximum atomic E-state index is 12.2. The van der Waals surface area contributed by atoms with Crippen molar-refractivity contribution in [2.45, 2.75) is 18.6 Å².